The van der Waals surface area contributed by atoms with Crippen LogP contribution in [-0.4, -0.2) is 30.1 Å². The van der Waals surface area contributed by atoms with Crippen LogP contribution in [0.15, 0.2) is 71.8 Å². The number of fused-ring (bicyclic) bond motifs is 1. The first kappa shape index (κ1) is 23.3. The highest BCUT2D eigenvalue weighted by atomic mass is 35.5. The molecule has 33 heavy (non-hydrogen) atoms. The molecule has 1 amide bonds. The Morgan fingerprint density at radius 2 is 1.88 bits per heavy atom. The van der Waals surface area contributed by atoms with E-state index in [-0.39, 0.29) is 24.0 Å². The van der Waals surface area contributed by atoms with Gasteiger partial charge >= 0.3 is 0 Å². The summed E-state index contributed by atoms with van der Waals surface area (Å²) in [4.78, 5) is 31.1. The summed E-state index contributed by atoms with van der Waals surface area (Å²) in [6, 6.07) is 12.3. The van der Waals surface area contributed by atoms with Gasteiger partial charge in [-0.15, -0.1) is 0 Å². The lowest BCUT2D eigenvalue weighted by Gasteiger charge is -2.43. The third-order valence-corrected chi connectivity index (χ3v) is 6.62. The maximum atomic E-state index is 13.3. The number of amides is 1. The number of nitrogens with one attached hydrogen (secondary N) is 2. The average Bonchev–Trinajstić information content (AvgIpc) is 2.93. The van der Waals surface area contributed by atoms with E-state index in [1.807, 2.05) is 50.3 Å². The fourth-order valence-electron chi connectivity index (χ4n) is 4.53. The number of nitrogens with zero attached hydrogens (tertiary/aromatic N) is 1. The van der Waals surface area contributed by atoms with Crippen molar-refractivity contribution in [2.45, 2.75) is 32.5 Å². The molecule has 0 saturated carbocycles. The molecular formula is C26H25Cl2N3O2. The molecule has 0 aromatic heterocycles. The van der Waals surface area contributed by atoms with Crippen molar-refractivity contribution in [2.75, 3.05) is 5.32 Å². The summed E-state index contributed by atoms with van der Waals surface area (Å²) in [6.07, 6.45) is 8.30. The molecule has 1 aliphatic heterocycles. The quantitative estimate of drug-likeness (QED) is 0.613. The van der Waals surface area contributed by atoms with E-state index in [1.165, 1.54) is 0 Å². The Kier molecular flexibility index (Phi) is 6.73. The second kappa shape index (κ2) is 9.54. The number of allylic oxidation sites excluding steroid dienone is 3. The number of para-hydroxylation sites is 1. The van der Waals surface area contributed by atoms with Crippen molar-refractivity contribution in [2.24, 2.45) is 16.3 Å². The molecule has 0 fully saturated rings. The molecule has 4 rings (SSSR count). The van der Waals surface area contributed by atoms with Gasteiger partial charge in [0.25, 0.3) is 0 Å². The number of carbonyl (C=O) groups is 2. The lowest BCUT2D eigenvalue weighted by Crippen LogP contribution is -2.58. The van der Waals surface area contributed by atoms with Crippen LogP contribution in [0.25, 0.3) is 0 Å². The fraction of sp³-hybridized carbons (Fsp3) is 0.269. The van der Waals surface area contributed by atoms with Crippen LogP contribution in [-0.2, 0) is 16.0 Å². The van der Waals surface area contributed by atoms with Crippen molar-refractivity contribution in [3.8, 4) is 0 Å². The van der Waals surface area contributed by atoms with Gasteiger partial charge in [-0.2, -0.15) is 0 Å². The topological polar surface area (TPSA) is 70.6 Å². The molecule has 2 aromatic rings. The number of benzodiazepines with no additional fused rings is 1. The van der Waals surface area contributed by atoms with Gasteiger partial charge in [-0.1, -0.05) is 73.5 Å². The predicted molar refractivity (Wildman–Crippen MR) is 134 cm³/mol. The summed E-state index contributed by atoms with van der Waals surface area (Å²) in [5.41, 5.74) is 1.56. The monoisotopic (exact) mass is 481 g/mol. The van der Waals surface area contributed by atoms with E-state index in [1.54, 1.807) is 36.6 Å². The minimum absolute atomic E-state index is 0.0204. The second-order valence-electron chi connectivity index (χ2n) is 8.62. The Labute approximate surface area is 203 Å². The lowest BCUT2D eigenvalue weighted by molar-refractivity contribution is -0.126. The fourth-order valence-corrected chi connectivity index (χ4v) is 5.10. The Bertz CT molecular complexity index is 1150. The molecule has 0 bridgehead atoms. The van der Waals surface area contributed by atoms with Crippen LogP contribution in [0, 0.1) is 11.3 Å². The first-order chi connectivity index (χ1) is 15.8. The van der Waals surface area contributed by atoms with Crippen LogP contribution in [0.4, 0.5) is 5.69 Å². The predicted octanol–water partition coefficient (Wildman–Crippen LogP) is 5.23. The van der Waals surface area contributed by atoms with E-state index < -0.39 is 17.6 Å². The number of hydrogen-bond donors (Lipinski definition) is 2. The number of hydrogen-bond acceptors (Lipinski definition) is 4. The molecule has 5 nitrogen and oxygen atoms in total. The van der Waals surface area contributed by atoms with Crippen LogP contribution in [0.3, 0.4) is 0 Å². The van der Waals surface area contributed by atoms with E-state index in [4.69, 9.17) is 28.2 Å². The smallest absolute Gasteiger partial charge is 0.226 e. The van der Waals surface area contributed by atoms with Gasteiger partial charge in [0, 0.05) is 27.5 Å². The highest BCUT2D eigenvalue weighted by Gasteiger charge is 2.50. The largest absolute Gasteiger partial charge is 0.376 e. The van der Waals surface area contributed by atoms with Gasteiger partial charge in [-0.25, -0.2) is 0 Å². The van der Waals surface area contributed by atoms with Gasteiger partial charge < -0.3 is 10.6 Å². The summed E-state index contributed by atoms with van der Waals surface area (Å²) in [5.74, 6) is -0.307. The number of ketones is 1. The van der Waals surface area contributed by atoms with Gasteiger partial charge in [0.05, 0.1) is 17.9 Å². The zero-order chi connectivity index (χ0) is 23.6. The highest BCUT2D eigenvalue weighted by Crippen LogP contribution is 2.41. The van der Waals surface area contributed by atoms with E-state index in [2.05, 4.69) is 10.6 Å². The molecule has 2 N–H and O–H groups in total. The summed E-state index contributed by atoms with van der Waals surface area (Å²) in [7, 11) is 0. The Hall–Kier alpha value is -2.89. The SMILES string of the molecule is CC(C)C1(C2Nc3ccccc3C=N[C@H]2NC(=O)Cc2cc(Cl)cc(Cl)c2)C=CC=CC1=O. The molecule has 0 saturated heterocycles. The summed E-state index contributed by atoms with van der Waals surface area (Å²) in [5, 5.41) is 7.50. The number of anilines is 1. The van der Waals surface area contributed by atoms with Gasteiger partial charge in [-0.05, 0) is 41.8 Å². The lowest BCUT2D eigenvalue weighted by atomic mass is 9.65. The van der Waals surface area contributed by atoms with Crippen molar-refractivity contribution < 1.29 is 9.59 Å². The van der Waals surface area contributed by atoms with Gasteiger partial charge in [0.2, 0.25) is 5.91 Å². The molecule has 3 atom stereocenters. The summed E-state index contributed by atoms with van der Waals surface area (Å²) < 4.78 is 0. The third-order valence-electron chi connectivity index (χ3n) is 6.19. The van der Waals surface area contributed by atoms with Crippen LogP contribution in [0.1, 0.15) is 25.0 Å². The van der Waals surface area contributed by atoms with Crippen LogP contribution >= 0.6 is 23.2 Å². The van der Waals surface area contributed by atoms with Gasteiger partial charge in [0.15, 0.2) is 5.78 Å². The van der Waals surface area contributed by atoms with Gasteiger partial charge in [-0.3, -0.25) is 14.6 Å². The van der Waals surface area contributed by atoms with E-state index in [9.17, 15) is 9.59 Å². The first-order valence-electron chi connectivity index (χ1n) is 10.8. The molecule has 7 heteroatoms. The van der Waals surface area contributed by atoms with Crippen LogP contribution < -0.4 is 10.6 Å². The number of benzene rings is 2. The van der Waals surface area contributed by atoms with Crippen molar-refractivity contribution in [1.29, 1.82) is 0 Å². The molecule has 170 valence electrons. The van der Waals surface area contributed by atoms with Crippen molar-refractivity contribution in [3.05, 3.63) is 87.9 Å². The highest BCUT2D eigenvalue weighted by molar-refractivity contribution is 6.34. The van der Waals surface area contributed by atoms with Crippen molar-refractivity contribution in [3.63, 3.8) is 0 Å². The number of carbonyl (C=O) groups excluding carboxylic acids is 2. The molecule has 1 aliphatic carbocycles. The van der Waals surface area contributed by atoms with Crippen molar-refractivity contribution in [1.82, 2.24) is 5.32 Å². The molecule has 2 unspecified atom stereocenters. The maximum Gasteiger partial charge on any atom is 0.226 e. The number of rotatable bonds is 5. The summed E-state index contributed by atoms with van der Waals surface area (Å²) in [6.45, 7) is 4.02. The zero-order valence-electron chi connectivity index (χ0n) is 18.4. The minimum Gasteiger partial charge on any atom is -0.376 e. The van der Waals surface area contributed by atoms with Gasteiger partial charge in [0.1, 0.15) is 6.17 Å². The Morgan fingerprint density at radius 3 is 2.58 bits per heavy atom. The van der Waals surface area contributed by atoms with E-state index >= 15 is 0 Å². The summed E-state index contributed by atoms with van der Waals surface area (Å²) >= 11 is 12.2. The normalized spacial score (nSPS) is 23.7. The van der Waals surface area contributed by atoms with Crippen LogP contribution in [0.5, 0.6) is 0 Å². The molecule has 1 heterocycles. The Balaban J connectivity index is 1.69. The van der Waals surface area contributed by atoms with Crippen molar-refractivity contribution >= 4 is 46.8 Å². The van der Waals surface area contributed by atoms with Crippen LogP contribution in [0.2, 0.25) is 10.0 Å². The first-order valence-corrected chi connectivity index (χ1v) is 11.6. The zero-order valence-corrected chi connectivity index (χ0v) is 19.9. The second-order valence-corrected chi connectivity index (χ2v) is 9.50. The third kappa shape index (κ3) is 4.75. The maximum absolute atomic E-state index is 13.3. The Morgan fingerprint density at radius 1 is 1.15 bits per heavy atom. The molecule has 0 spiro atoms. The van der Waals surface area contributed by atoms with E-state index in [0.717, 1.165) is 11.3 Å². The van der Waals surface area contributed by atoms with E-state index in [0.29, 0.717) is 15.6 Å². The molecule has 2 aromatic carbocycles. The average molecular weight is 482 g/mol. The number of halogens is 2. The number of aliphatic imine (C=N–C) groups is 1. The minimum atomic E-state index is -0.888. The molecule has 0 radical (unpaired) electrons. The molecular weight excluding hydrogens is 457 g/mol. The standard InChI is InChI=1S/C26H25Cl2N3O2/c1-16(2)26(10-6-5-9-22(26)32)24-25(29-15-18-7-3-4-8-21(18)30-24)31-23(33)13-17-11-19(27)14-20(28)12-17/h3-12,14-16,24-25,30H,13H2,1-2H3,(H,31,33)/t24?,25-,26?/m0/s1. The molecule has 2 aliphatic rings.